The Labute approximate surface area is 177 Å². The molecule has 6 heteroatoms. The zero-order valence-electron chi connectivity index (χ0n) is 17.8. The number of nitrogens with zero attached hydrogens (tertiary/aromatic N) is 4. The largest absolute Gasteiger partial charge is 0.497 e. The molecular weight excluding hydrogens is 376 g/mol. The number of likely N-dealkylation sites (N-methyl/N-ethyl adjacent to an activating group) is 1. The summed E-state index contributed by atoms with van der Waals surface area (Å²) in [4.78, 5) is 17.7. The molecule has 30 heavy (non-hydrogen) atoms. The van der Waals surface area contributed by atoms with Crippen LogP contribution in [-0.4, -0.2) is 65.3 Å². The van der Waals surface area contributed by atoms with Crippen LogP contribution in [0.4, 0.5) is 0 Å². The van der Waals surface area contributed by atoms with Crippen LogP contribution < -0.4 is 4.74 Å². The van der Waals surface area contributed by atoms with Gasteiger partial charge in [0, 0.05) is 31.7 Å². The SMILES string of the molecule is CCN1CCN(C(=O)c2cc(-c3ccc(OC)cc3)nn2-c2cccc(C)c2)CC1. The third-order valence-electron chi connectivity index (χ3n) is 5.67. The van der Waals surface area contributed by atoms with Crippen molar-refractivity contribution in [3.05, 3.63) is 65.9 Å². The number of aryl methyl sites for hydroxylation is 1. The molecular formula is C24H28N4O2. The summed E-state index contributed by atoms with van der Waals surface area (Å²) in [6.45, 7) is 8.52. The molecule has 0 bridgehead atoms. The Morgan fingerprint density at radius 1 is 1.03 bits per heavy atom. The minimum absolute atomic E-state index is 0.0273. The van der Waals surface area contributed by atoms with Gasteiger partial charge >= 0.3 is 0 Å². The summed E-state index contributed by atoms with van der Waals surface area (Å²) in [5, 5.41) is 4.81. The summed E-state index contributed by atoms with van der Waals surface area (Å²) >= 11 is 0. The second kappa shape index (κ2) is 8.71. The van der Waals surface area contributed by atoms with Crippen molar-refractivity contribution in [2.45, 2.75) is 13.8 Å². The highest BCUT2D eigenvalue weighted by Crippen LogP contribution is 2.25. The van der Waals surface area contributed by atoms with E-state index >= 15 is 0 Å². The van der Waals surface area contributed by atoms with E-state index in [0.29, 0.717) is 5.69 Å². The summed E-state index contributed by atoms with van der Waals surface area (Å²) < 4.78 is 7.04. The number of benzene rings is 2. The number of aromatic nitrogens is 2. The molecule has 0 saturated carbocycles. The Morgan fingerprint density at radius 3 is 2.40 bits per heavy atom. The van der Waals surface area contributed by atoms with Crippen LogP contribution in [0.5, 0.6) is 5.75 Å². The van der Waals surface area contributed by atoms with Crippen molar-refractivity contribution < 1.29 is 9.53 Å². The maximum Gasteiger partial charge on any atom is 0.272 e. The van der Waals surface area contributed by atoms with Crippen molar-refractivity contribution in [2.75, 3.05) is 39.8 Å². The first kappa shape index (κ1) is 20.2. The molecule has 1 aliphatic heterocycles. The normalized spacial score (nSPS) is 14.7. The number of amides is 1. The highest BCUT2D eigenvalue weighted by atomic mass is 16.5. The number of rotatable bonds is 5. The van der Waals surface area contributed by atoms with Crippen molar-refractivity contribution >= 4 is 5.91 Å². The third-order valence-corrected chi connectivity index (χ3v) is 5.67. The molecule has 0 aliphatic carbocycles. The Kier molecular flexibility index (Phi) is 5.86. The fraction of sp³-hybridized carbons (Fsp3) is 0.333. The first-order valence-electron chi connectivity index (χ1n) is 10.4. The van der Waals surface area contributed by atoms with E-state index < -0.39 is 0 Å². The quantitative estimate of drug-likeness (QED) is 0.652. The molecule has 1 aromatic heterocycles. The van der Waals surface area contributed by atoms with E-state index in [-0.39, 0.29) is 5.91 Å². The Bertz CT molecular complexity index is 1020. The van der Waals surface area contributed by atoms with Crippen LogP contribution in [0.25, 0.3) is 16.9 Å². The number of hydrogen-bond acceptors (Lipinski definition) is 4. The van der Waals surface area contributed by atoms with E-state index in [1.54, 1.807) is 11.8 Å². The van der Waals surface area contributed by atoms with Gasteiger partial charge in [0.15, 0.2) is 0 Å². The van der Waals surface area contributed by atoms with Crippen LogP contribution in [0.3, 0.4) is 0 Å². The van der Waals surface area contributed by atoms with Gasteiger partial charge in [-0.1, -0.05) is 19.1 Å². The molecule has 2 aromatic carbocycles. The van der Waals surface area contributed by atoms with Crippen molar-refractivity contribution in [1.82, 2.24) is 19.6 Å². The molecule has 0 unspecified atom stereocenters. The number of carbonyl (C=O) groups is 1. The van der Waals surface area contributed by atoms with Crippen molar-refractivity contribution in [1.29, 1.82) is 0 Å². The van der Waals surface area contributed by atoms with Gasteiger partial charge in [0.2, 0.25) is 0 Å². The second-order valence-corrected chi connectivity index (χ2v) is 7.62. The predicted octanol–water partition coefficient (Wildman–Crippen LogP) is 3.63. The third kappa shape index (κ3) is 4.09. The standard InChI is InChI=1S/C24H28N4O2/c1-4-26-12-14-27(15-13-26)24(29)23-17-22(19-8-10-21(30-3)11-9-19)25-28(23)20-7-5-6-18(2)16-20/h5-11,16-17H,4,12-15H2,1-3H3. The lowest BCUT2D eigenvalue weighted by Gasteiger charge is -2.34. The number of carbonyl (C=O) groups excluding carboxylic acids is 1. The van der Waals surface area contributed by atoms with Crippen LogP contribution in [0.2, 0.25) is 0 Å². The zero-order chi connectivity index (χ0) is 21.1. The van der Waals surface area contributed by atoms with E-state index in [1.165, 1.54) is 0 Å². The lowest BCUT2D eigenvalue weighted by Crippen LogP contribution is -2.48. The minimum Gasteiger partial charge on any atom is -0.497 e. The summed E-state index contributed by atoms with van der Waals surface area (Å²) in [5.74, 6) is 0.821. The lowest BCUT2D eigenvalue weighted by atomic mass is 10.1. The second-order valence-electron chi connectivity index (χ2n) is 7.62. The summed E-state index contributed by atoms with van der Waals surface area (Å²) in [6, 6.07) is 17.7. The average Bonchev–Trinajstić information content (AvgIpc) is 3.24. The predicted molar refractivity (Wildman–Crippen MR) is 118 cm³/mol. The molecule has 0 spiro atoms. The molecule has 156 valence electrons. The van der Waals surface area contributed by atoms with Crippen LogP contribution in [0.15, 0.2) is 54.6 Å². The minimum atomic E-state index is 0.0273. The van der Waals surface area contributed by atoms with Crippen LogP contribution >= 0.6 is 0 Å². The van der Waals surface area contributed by atoms with Crippen LogP contribution in [0.1, 0.15) is 23.0 Å². The van der Waals surface area contributed by atoms with Crippen molar-refractivity contribution in [3.63, 3.8) is 0 Å². The van der Waals surface area contributed by atoms with Gasteiger partial charge in [-0.15, -0.1) is 0 Å². The Balaban J connectivity index is 1.72. The maximum absolute atomic E-state index is 13.4. The molecule has 1 fully saturated rings. The lowest BCUT2D eigenvalue weighted by molar-refractivity contribution is 0.0634. The van der Waals surface area contributed by atoms with E-state index in [9.17, 15) is 4.79 Å². The first-order valence-corrected chi connectivity index (χ1v) is 10.4. The van der Waals surface area contributed by atoms with Crippen LogP contribution in [0, 0.1) is 6.92 Å². The van der Waals surface area contributed by atoms with Crippen molar-refractivity contribution in [2.24, 2.45) is 0 Å². The summed E-state index contributed by atoms with van der Waals surface area (Å²) in [7, 11) is 1.65. The molecule has 3 aromatic rings. The molecule has 0 radical (unpaired) electrons. The van der Waals surface area contributed by atoms with Crippen LogP contribution in [-0.2, 0) is 0 Å². The van der Waals surface area contributed by atoms with Gasteiger partial charge in [-0.05, 0) is 61.5 Å². The van der Waals surface area contributed by atoms with Gasteiger partial charge in [-0.25, -0.2) is 4.68 Å². The van der Waals surface area contributed by atoms with Gasteiger partial charge < -0.3 is 14.5 Å². The maximum atomic E-state index is 13.4. The molecule has 0 atom stereocenters. The highest BCUT2D eigenvalue weighted by Gasteiger charge is 2.26. The zero-order valence-corrected chi connectivity index (χ0v) is 17.8. The fourth-order valence-electron chi connectivity index (χ4n) is 3.82. The van der Waals surface area contributed by atoms with E-state index in [0.717, 1.165) is 61.0 Å². The number of methoxy groups -OCH3 is 1. The summed E-state index contributed by atoms with van der Waals surface area (Å²) in [6.07, 6.45) is 0. The average molecular weight is 405 g/mol. The Hall–Kier alpha value is -3.12. The topological polar surface area (TPSA) is 50.6 Å². The number of hydrogen-bond donors (Lipinski definition) is 0. The Morgan fingerprint density at radius 2 is 1.77 bits per heavy atom. The van der Waals surface area contributed by atoms with E-state index in [4.69, 9.17) is 9.84 Å². The van der Waals surface area contributed by atoms with Gasteiger partial charge in [0.1, 0.15) is 11.4 Å². The molecule has 4 rings (SSSR count). The number of piperazine rings is 1. The molecule has 6 nitrogen and oxygen atoms in total. The highest BCUT2D eigenvalue weighted by molar-refractivity contribution is 5.94. The first-order chi connectivity index (χ1) is 14.6. The molecule has 2 heterocycles. The molecule has 1 aliphatic rings. The van der Waals surface area contributed by atoms with Gasteiger partial charge in [0.05, 0.1) is 18.5 Å². The van der Waals surface area contributed by atoms with Gasteiger partial charge in [-0.3, -0.25) is 4.79 Å². The van der Waals surface area contributed by atoms with E-state index in [1.807, 2.05) is 60.4 Å². The van der Waals surface area contributed by atoms with Gasteiger partial charge in [0.25, 0.3) is 5.91 Å². The molecule has 1 amide bonds. The number of ether oxygens (including phenoxy) is 1. The molecule has 1 saturated heterocycles. The monoisotopic (exact) mass is 404 g/mol. The van der Waals surface area contributed by atoms with Gasteiger partial charge in [-0.2, -0.15) is 5.10 Å². The van der Waals surface area contributed by atoms with Crippen molar-refractivity contribution in [3.8, 4) is 22.7 Å². The van der Waals surface area contributed by atoms with E-state index in [2.05, 4.69) is 17.9 Å². The fourth-order valence-corrected chi connectivity index (χ4v) is 3.82. The smallest absolute Gasteiger partial charge is 0.272 e. The summed E-state index contributed by atoms with van der Waals surface area (Å²) in [5.41, 5.74) is 4.34. The molecule has 0 N–H and O–H groups in total.